The second-order valence-corrected chi connectivity index (χ2v) is 8.77. The quantitative estimate of drug-likeness (QED) is 0.342. The van der Waals surface area contributed by atoms with Crippen molar-refractivity contribution in [2.45, 2.75) is 12.8 Å². The number of benzene rings is 3. The molecule has 2 aliphatic carbocycles. The monoisotopic (exact) mass is 444 g/mol. The summed E-state index contributed by atoms with van der Waals surface area (Å²) >= 11 is 0. The van der Waals surface area contributed by atoms with E-state index in [2.05, 4.69) is 9.97 Å². The number of H-pyrrole nitrogens is 2. The molecule has 2 heterocycles. The van der Waals surface area contributed by atoms with Crippen molar-refractivity contribution in [3.63, 3.8) is 0 Å². The highest BCUT2D eigenvalue weighted by atomic mass is 16.1. The van der Waals surface area contributed by atoms with Gasteiger partial charge in [0.1, 0.15) is 0 Å². The van der Waals surface area contributed by atoms with Crippen molar-refractivity contribution in [2.24, 2.45) is 0 Å². The first-order chi connectivity index (χ1) is 16.5. The van der Waals surface area contributed by atoms with Gasteiger partial charge >= 0.3 is 0 Å². The smallest absolute Gasteiger partial charge is 0.198 e. The molecular weight excluding hydrogens is 428 g/mol. The lowest BCUT2D eigenvalue weighted by atomic mass is 9.81. The molecule has 5 aromatic rings. The van der Waals surface area contributed by atoms with Crippen molar-refractivity contribution >= 4 is 50.4 Å². The van der Waals surface area contributed by atoms with Gasteiger partial charge in [-0.1, -0.05) is 24.3 Å². The van der Waals surface area contributed by atoms with Crippen molar-refractivity contribution in [3.05, 3.63) is 109 Å². The van der Waals surface area contributed by atoms with Gasteiger partial charge in [0.15, 0.2) is 22.4 Å². The molecule has 0 saturated carbocycles. The van der Waals surface area contributed by atoms with E-state index in [0.717, 1.165) is 12.1 Å². The van der Waals surface area contributed by atoms with Crippen molar-refractivity contribution in [2.75, 3.05) is 0 Å². The van der Waals surface area contributed by atoms with Gasteiger partial charge < -0.3 is 9.97 Å². The summed E-state index contributed by atoms with van der Waals surface area (Å²) in [5.74, 6) is -0.686. The van der Waals surface area contributed by atoms with Crippen molar-refractivity contribution in [3.8, 4) is 0 Å². The SMILES string of the molecule is O=C1c2ccc3c(=O)c4c([nH]c3c2C(=O)c2c1ccc1c(=O)c3ccccc3[nH]c21)CCC=C4. The second-order valence-electron chi connectivity index (χ2n) is 8.77. The third-order valence-electron chi connectivity index (χ3n) is 6.97. The first-order valence-corrected chi connectivity index (χ1v) is 11.1. The summed E-state index contributed by atoms with van der Waals surface area (Å²) < 4.78 is 0. The Morgan fingerprint density at radius 3 is 2.09 bits per heavy atom. The Labute approximate surface area is 191 Å². The predicted octanol–water partition coefficient (Wildman–Crippen LogP) is 4.26. The lowest BCUT2D eigenvalue weighted by molar-refractivity contribution is 0.0981. The maximum absolute atomic E-state index is 14.0. The Morgan fingerprint density at radius 2 is 1.32 bits per heavy atom. The van der Waals surface area contributed by atoms with Gasteiger partial charge in [0, 0.05) is 44.1 Å². The highest BCUT2D eigenvalue weighted by Crippen LogP contribution is 2.35. The summed E-state index contributed by atoms with van der Waals surface area (Å²) in [6.07, 6.45) is 5.21. The summed E-state index contributed by atoms with van der Waals surface area (Å²) in [6.45, 7) is 0. The van der Waals surface area contributed by atoms with Crippen molar-refractivity contribution in [1.29, 1.82) is 0 Å². The van der Waals surface area contributed by atoms with Crippen LogP contribution in [0.2, 0.25) is 0 Å². The molecule has 3 aromatic carbocycles. The number of ketones is 2. The zero-order chi connectivity index (χ0) is 23.1. The van der Waals surface area contributed by atoms with Crippen LogP contribution >= 0.6 is 0 Å². The van der Waals surface area contributed by atoms with Gasteiger partial charge in [-0.05, 0) is 49.2 Å². The average Bonchev–Trinajstić information content (AvgIpc) is 2.86. The summed E-state index contributed by atoms with van der Waals surface area (Å²) in [5.41, 5.74) is 3.16. The van der Waals surface area contributed by atoms with E-state index in [0.29, 0.717) is 44.7 Å². The molecule has 0 bridgehead atoms. The zero-order valence-corrected chi connectivity index (χ0v) is 17.8. The second kappa shape index (κ2) is 6.48. The molecule has 162 valence electrons. The lowest BCUT2D eigenvalue weighted by Gasteiger charge is -2.21. The zero-order valence-electron chi connectivity index (χ0n) is 17.8. The van der Waals surface area contributed by atoms with Gasteiger partial charge in [-0.25, -0.2) is 0 Å². The summed E-state index contributed by atoms with van der Waals surface area (Å²) in [7, 11) is 0. The van der Waals surface area contributed by atoms with Gasteiger partial charge in [-0.2, -0.15) is 0 Å². The van der Waals surface area contributed by atoms with Crippen molar-refractivity contribution < 1.29 is 9.59 Å². The molecule has 34 heavy (non-hydrogen) atoms. The number of fused-ring (bicyclic) bond motifs is 8. The lowest BCUT2D eigenvalue weighted by Crippen LogP contribution is -2.25. The molecule has 6 heteroatoms. The average molecular weight is 444 g/mol. The van der Waals surface area contributed by atoms with Crippen LogP contribution in [0.3, 0.4) is 0 Å². The third-order valence-corrected chi connectivity index (χ3v) is 6.97. The molecule has 0 aliphatic heterocycles. The molecule has 0 unspecified atom stereocenters. The van der Waals surface area contributed by atoms with Gasteiger partial charge in [-0.15, -0.1) is 0 Å². The van der Waals surface area contributed by atoms with Crippen LogP contribution in [0, 0.1) is 0 Å². The molecule has 0 radical (unpaired) electrons. The number of hydrogen-bond acceptors (Lipinski definition) is 4. The topological polar surface area (TPSA) is 99.9 Å². The van der Waals surface area contributed by atoms with E-state index in [1.54, 1.807) is 48.5 Å². The van der Waals surface area contributed by atoms with Crippen LogP contribution in [-0.2, 0) is 6.42 Å². The van der Waals surface area contributed by atoms with Gasteiger partial charge in [-0.3, -0.25) is 19.2 Å². The number of allylic oxidation sites excluding steroid dienone is 1. The molecule has 2 aliphatic rings. The molecule has 0 amide bonds. The number of para-hydroxylation sites is 1. The number of rotatable bonds is 0. The molecule has 0 fully saturated rings. The molecule has 0 spiro atoms. The molecule has 2 N–H and O–H groups in total. The van der Waals surface area contributed by atoms with Gasteiger partial charge in [0.2, 0.25) is 0 Å². The molecule has 2 aromatic heterocycles. The summed E-state index contributed by atoms with van der Waals surface area (Å²) in [5, 5.41) is 1.23. The van der Waals surface area contributed by atoms with Crippen LogP contribution in [-0.4, -0.2) is 21.5 Å². The van der Waals surface area contributed by atoms with Crippen LogP contribution < -0.4 is 10.9 Å². The molecule has 0 saturated heterocycles. The van der Waals surface area contributed by atoms with Crippen LogP contribution in [0.15, 0.2) is 64.2 Å². The van der Waals surface area contributed by atoms with E-state index in [1.807, 2.05) is 12.2 Å². The van der Waals surface area contributed by atoms with Gasteiger partial charge in [0.05, 0.1) is 22.2 Å². The number of aromatic nitrogens is 2. The number of carbonyl (C=O) groups is 2. The fourth-order valence-electron chi connectivity index (χ4n) is 5.34. The Morgan fingerprint density at radius 1 is 0.647 bits per heavy atom. The minimum atomic E-state index is -0.381. The summed E-state index contributed by atoms with van der Waals surface area (Å²) in [4.78, 5) is 60.4. The molecule has 6 nitrogen and oxygen atoms in total. The van der Waals surface area contributed by atoms with Crippen LogP contribution in [0.1, 0.15) is 49.5 Å². The number of pyridine rings is 2. The number of carbonyl (C=O) groups excluding carboxylic acids is 2. The standard InChI is InChI=1S/C28H16N2O4/c31-25-13-5-1-3-7-19(13)29-23-17(25)11-9-15-21(23)28(34)22-16(27(15)33)10-12-18-24(22)30-20-8-4-2-6-14(20)26(18)32/h1-3,5-7,9-12H,4,8H2,(H,29,31)(H,30,32). The van der Waals surface area contributed by atoms with Crippen molar-refractivity contribution in [1.82, 2.24) is 9.97 Å². The van der Waals surface area contributed by atoms with Crippen LogP contribution in [0.4, 0.5) is 0 Å². The minimum absolute atomic E-state index is 0.161. The number of aryl methyl sites for hydroxylation is 1. The van der Waals surface area contributed by atoms with E-state index >= 15 is 0 Å². The Hall–Kier alpha value is -4.58. The Bertz CT molecular complexity index is 1940. The number of hydrogen-bond donors (Lipinski definition) is 2. The molecule has 0 atom stereocenters. The third kappa shape index (κ3) is 2.29. The maximum atomic E-state index is 14.0. The first-order valence-electron chi connectivity index (χ1n) is 11.1. The number of aromatic amines is 2. The highest BCUT2D eigenvalue weighted by Gasteiger charge is 2.34. The fraction of sp³-hybridized carbons (Fsp3) is 0.0714. The highest BCUT2D eigenvalue weighted by molar-refractivity contribution is 6.34. The largest absolute Gasteiger partial charge is 0.357 e. The van der Waals surface area contributed by atoms with E-state index in [1.165, 1.54) is 0 Å². The van der Waals surface area contributed by atoms with Crippen LogP contribution in [0.25, 0.3) is 38.8 Å². The minimum Gasteiger partial charge on any atom is -0.357 e. The van der Waals surface area contributed by atoms with Crippen LogP contribution in [0.5, 0.6) is 0 Å². The predicted molar refractivity (Wildman–Crippen MR) is 131 cm³/mol. The Balaban J connectivity index is 1.61. The normalized spacial score (nSPS) is 14.5. The van der Waals surface area contributed by atoms with E-state index in [-0.39, 0.29) is 44.7 Å². The van der Waals surface area contributed by atoms with Gasteiger partial charge in [0.25, 0.3) is 0 Å². The fourth-order valence-corrected chi connectivity index (χ4v) is 5.34. The van der Waals surface area contributed by atoms with E-state index in [9.17, 15) is 19.2 Å². The van der Waals surface area contributed by atoms with E-state index in [4.69, 9.17) is 0 Å². The Kier molecular flexibility index (Phi) is 3.61. The maximum Gasteiger partial charge on any atom is 0.198 e. The summed E-state index contributed by atoms with van der Waals surface area (Å²) in [6, 6.07) is 13.4. The van der Waals surface area contributed by atoms with E-state index < -0.39 is 0 Å². The molecule has 7 rings (SSSR count). The number of nitrogens with one attached hydrogen (secondary N) is 2. The first kappa shape index (κ1) is 18.9. The molecular formula is C28H16N2O4.